The summed E-state index contributed by atoms with van der Waals surface area (Å²) < 4.78 is 25.0. The first-order chi connectivity index (χ1) is 11.5. The Hall–Kier alpha value is -1.83. The molecule has 2 N–H and O–H groups in total. The van der Waals surface area contributed by atoms with Crippen molar-refractivity contribution in [3.63, 3.8) is 0 Å². The molecule has 1 aliphatic carbocycles. The number of aromatic amines is 1. The van der Waals surface area contributed by atoms with Gasteiger partial charge in [0.2, 0.25) is 0 Å². The average molecular weight is 343 g/mol. The number of H-pyrrole nitrogens is 1. The van der Waals surface area contributed by atoms with Gasteiger partial charge < -0.3 is 4.55 Å². The number of benzene rings is 1. The summed E-state index contributed by atoms with van der Waals surface area (Å²) in [4.78, 5) is 4.87. The molecule has 1 unspecified atom stereocenters. The molecule has 1 atom stereocenters. The standard InChI is InChI=1S/C17H20N4O2S/c1-17(2,21-24(22)23)16-11-6-4-3-5-10(11)15-12-9-18-20-13(12)7-8-14(15)19-16/h7-9,21H,3-6H2,1-2H3,(H,18,20)(H,22,23)/p-1. The maximum absolute atomic E-state index is 11.2. The highest BCUT2D eigenvalue weighted by Crippen LogP contribution is 2.37. The van der Waals surface area contributed by atoms with E-state index in [0.29, 0.717) is 0 Å². The molecule has 0 fully saturated rings. The van der Waals surface area contributed by atoms with Crippen LogP contribution in [-0.2, 0) is 29.6 Å². The third-order valence-corrected chi connectivity index (χ3v) is 5.50. The van der Waals surface area contributed by atoms with E-state index in [4.69, 9.17) is 4.98 Å². The zero-order valence-corrected chi connectivity index (χ0v) is 14.5. The summed E-state index contributed by atoms with van der Waals surface area (Å²) in [5.74, 6) is 0. The molecule has 0 aliphatic heterocycles. The summed E-state index contributed by atoms with van der Waals surface area (Å²) in [6.07, 6.45) is 6.01. The number of nitrogens with zero attached hydrogens (tertiary/aromatic N) is 2. The Labute approximate surface area is 142 Å². The monoisotopic (exact) mass is 343 g/mol. The summed E-state index contributed by atoms with van der Waals surface area (Å²) in [6, 6.07) is 3.96. The fourth-order valence-electron chi connectivity index (χ4n) is 3.82. The molecule has 0 spiro atoms. The van der Waals surface area contributed by atoms with Gasteiger partial charge in [0, 0.05) is 22.0 Å². The second-order valence-corrected chi connectivity index (χ2v) is 7.55. The Kier molecular flexibility index (Phi) is 3.67. The zero-order valence-electron chi connectivity index (χ0n) is 13.7. The van der Waals surface area contributed by atoms with Crippen molar-refractivity contribution in [3.8, 4) is 0 Å². The van der Waals surface area contributed by atoms with Crippen molar-refractivity contribution < 1.29 is 8.76 Å². The van der Waals surface area contributed by atoms with Crippen LogP contribution in [0.1, 0.15) is 43.5 Å². The van der Waals surface area contributed by atoms with Gasteiger partial charge in [-0.15, -0.1) is 0 Å². The van der Waals surface area contributed by atoms with E-state index in [2.05, 4.69) is 14.9 Å². The minimum Gasteiger partial charge on any atom is -0.760 e. The summed E-state index contributed by atoms with van der Waals surface area (Å²) >= 11 is -2.34. The van der Waals surface area contributed by atoms with E-state index in [1.165, 1.54) is 11.1 Å². The van der Waals surface area contributed by atoms with Crippen molar-refractivity contribution in [3.05, 3.63) is 35.2 Å². The van der Waals surface area contributed by atoms with Crippen molar-refractivity contribution >= 4 is 33.1 Å². The van der Waals surface area contributed by atoms with E-state index in [1.54, 1.807) is 0 Å². The van der Waals surface area contributed by atoms with E-state index in [0.717, 1.165) is 53.2 Å². The van der Waals surface area contributed by atoms with Crippen LogP contribution in [0.5, 0.6) is 0 Å². The van der Waals surface area contributed by atoms with E-state index in [9.17, 15) is 8.76 Å². The maximum Gasteiger partial charge on any atom is 0.0717 e. The molecular weight excluding hydrogens is 324 g/mol. The van der Waals surface area contributed by atoms with Crippen LogP contribution in [0.2, 0.25) is 0 Å². The van der Waals surface area contributed by atoms with E-state index < -0.39 is 16.8 Å². The fourth-order valence-corrected chi connectivity index (χ4v) is 4.33. The van der Waals surface area contributed by atoms with Crippen LogP contribution in [0.4, 0.5) is 0 Å². The van der Waals surface area contributed by atoms with Crippen molar-refractivity contribution in [2.45, 2.75) is 45.1 Å². The molecule has 2 heterocycles. The third-order valence-electron chi connectivity index (χ3n) is 4.82. The van der Waals surface area contributed by atoms with Crippen LogP contribution >= 0.6 is 0 Å². The molecule has 0 radical (unpaired) electrons. The Balaban J connectivity index is 2.05. The SMILES string of the molecule is CC(C)(NS(=O)[O-])c1nc2ccc3[nH]ncc3c2c2c1CCCC2. The quantitative estimate of drug-likeness (QED) is 0.715. The molecule has 1 aliphatic rings. The largest absolute Gasteiger partial charge is 0.760 e. The zero-order chi connectivity index (χ0) is 16.9. The molecule has 4 rings (SSSR count). The molecule has 7 heteroatoms. The van der Waals surface area contributed by atoms with Gasteiger partial charge in [-0.25, -0.2) is 4.72 Å². The number of hydrogen-bond acceptors (Lipinski definition) is 4. The topological polar surface area (TPSA) is 93.7 Å². The number of fused-ring (bicyclic) bond motifs is 5. The summed E-state index contributed by atoms with van der Waals surface area (Å²) in [5, 5.41) is 9.42. The van der Waals surface area contributed by atoms with Gasteiger partial charge in [-0.3, -0.25) is 14.3 Å². The normalized spacial score (nSPS) is 16.5. The number of hydrogen-bond donors (Lipinski definition) is 2. The van der Waals surface area contributed by atoms with Crippen LogP contribution in [0, 0.1) is 0 Å². The second kappa shape index (κ2) is 5.61. The van der Waals surface area contributed by atoms with Gasteiger partial charge in [-0.05, 0) is 62.8 Å². The highest BCUT2D eigenvalue weighted by molar-refractivity contribution is 7.77. The molecule has 0 saturated heterocycles. The fraction of sp³-hybridized carbons (Fsp3) is 0.412. The van der Waals surface area contributed by atoms with E-state index in [-0.39, 0.29) is 0 Å². The van der Waals surface area contributed by atoms with Crippen LogP contribution in [0.25, 0.3) is 21.8 Å². The van der Waals surface area contributed by atoms with Gasteiger partial charge in [0.15, 0.2) is 0 Å². The van der Waals surface area contributed by atoms with Crippen molar-refractivity contribution in [1.82, 2.24) is 19.9 Å². The summed E-state index contributed by atoms with van der Waals surface area (Å²) in [7, 11) is 0. The number of aromatic nitrogens is 3. The number of rotatable bonds is 3. The Morgan fingerprint density at radius 2 is 2.00 bits per heavy atom. The molecule has 126 valence electrons. The lowest BCUT2D eigenvalue weighted by Gasteiger charge is -2.32. The maximum atomic E-state index is 11.2. The van der Waals surface area contributed by atoms with E-state index >= 15 is 0 Å². The molecule has 0 bridgehead atoms. The first-order valence-corrected chi connectivity index (χ1v) is 9.20. The molecule has 2 aromatic heterocycles. The predicted octanol–water partition coefficient (Wildman–Crippen LogP) is 2.61. The minimum absolute atomic E-state index is 0.742. The molecule has 1 aromatic carbocycles. The van der Waals surface area contributed by atoms with Gasteiger partial charge in [0.1, 0.15) is 0 Å². The highest BCUT2D eigenvalue weighted by Gasteiger charge is 2.29. The number of pyridine rings is 1. The lowest BCUT2D eigenvalue weighted by molar-refractivity contribution is 0.435. The lowest BCUT2D eigenvalue weighted by Crippen LogP contribution is -2.39. The average Bonchev–Trinajstić information content (AvgIpc) is 3.01. The Morgan fingerprint density at radius 1 is 1.25 bits per heavy atom. The molecule has 0 amide bonds. The van der Waals surface area contributed by atoms with Crippen molar-refractivity contribution in [2.24, 2.45) is 0 Å². The van der Waals surface area contributed by atoms with Gasteiger partial charge in [-0.2, -0.15) is 5.10 Å². The van der Waals surface area contributed by atoms with Crippen LogP contribution in [-0.4, -0.2) is 23.9 Å². The predicted molar refractivity (Wildman–Crippen MR) is 93.1 cm³/mol. The van der Waals surface area contributed by atoms with Gasteiger partial charge in [-0.1, -0.05) is 0 Å². The van der Waals surface area contributed by atoms with Crippen molar-refractivity contribution in [2.75, 3.05) is 0 Å². The molecule has 6 nitrogen and oxygen atoms in total. The lowest BCUT2D eigenvalue weighted by atomic mass is 9.83. The smallest absolute Gasteiger partial charge is 0.0717 e. The first kappa shape index (κ1) is 15.7. The van der Waals surface area contributed by atoms with Gasteiger partial charge >= 0.3 is 0 Å². The Bertz CT molecular complexity index is 964. The third kappa shape index (κ3) is 2.44. The molecule has 0 saturated carbocycles. The van der Waals surface area contributed by atoms with Crippen molar-refractivity contribution in [1.29, 1.82) is 0 Å². The Morgan fingerprint density at radius 3 is 2.75 bits per heavy atom. The summed E-state index contributed by atoms with van der Waals surface area (Å²) in [5.41, 5.74) is 4.46. The molecule has 24 heavy (non-hydrogen) atoms. The van der Waals surface area contributed by atoms with Gasteiger partial charge in [0.05, 0.1) is 28.5 Å². The van der Waals surface area contributed by atoms with Crippen LogP contribution in [0.3, 0.4) is 0 Å². The van der Waals surface area contributed by atoms with Crippen LogP contribution < -0.4 is 4.72 Å². The number of nitrogens with one attached hydrogen (secondary N) is 2. The highest BCUT2D eigenvalue weighted by atomic mass is 32.2. The molecular formula is C17H19N4O2S-. The summed E-state index contributed by atoms with van der Waals surface area (Å²) in [6.45, 7) is 3.73. The number of aryl methyl sites for hydroxylation is 1. The first-order valence-electron chi connectivity index (χ1n) is 8.12. The molecule has 3 aromatic rings. The second-order valence-electron chi connectivity index (χ2n) is 6.88. The minimum atomic E-state index is -2.34. The van der Waals surface area contributed by atoms with Gasteiger partial charge in [0.25, 0.3) is 0 Å². The van der Waals surface area contributed by atoms with E-state index in [1.807, 2.05) is 32.2 Å². The van der Waals surface area contributed by atoms with Crippen LogP contribution in [0.15, 0.2) is 18.3 Å².